The van der Waals surface area contributed by atoms with E-state index in [9.17, 15) is 9.59 Å². The Bertz CT molecular complexity index is 718. The number of rotatable bonds is 5. The van der Waals surface area contributed by atoms with Crippen molar-refractivity contribution in [2.24, 2.45) is 0 Å². The Labute approximate surface area is 133 Å². The zero-order valence-electron chi connectivity index (χ0n) is 12.5. The van der Waals surface area contributed by atoms with Crippen molar-refractivity contribution in [2.75, 3.05) is 23.7 Å². The van der Waals surface area contributed by atoms with Gasteiger partial charge in [-0.3, -0.25) is 14.6 Å². The van der Waals surface area contributed by atoms with Gasteiger partial charge in [-0.2, -0.15) is 0 Å². The van der Waals surface area contributed by atoms with Gasteiger partial charge in [0.2, 0.25) is 5.91 Å². The molecule has 0 unspecified atom stereocenters. The molecule has 0 radical (unpaired) electrons. The number of nitrogens with zero attached hydrogens (tertiary/aromatic N) is 2. The first-order valence-corrected chi connectivity index (χ1v) is 7.43. The molecule has 3 rings (SSSR count). The van der Waals surface area contributed by atoms with Crippen LogP contribution < -0.4 is 16.0 Å². The quantitative estimate of drug-likeness (QED) is 0.721. The summed E-state index contributed by atoms with van der Waals surface area (Å²) < 4.78 is 0. The summed E-state index contributed by atoms with van der Waals surface area (Å²) >= 11 is 0. The molecule has 23 heavy (non-hydrogen) atoms. The van der Waals surface area contributed by atoms with E-state index in [1.165, 1.54) is 0 Å². The highest BCUT2D eigenvalue weighted by atomic mass is 16.2. The number of aryl methyl sites for hydroxylation is 1. The van der Waals surface area contributed by atoms with Crippen LogP contribution in [0, 0.1) is 0 Å². The summed E-state index contributed by atoms with van der Waals surface area (Å²) in [7, 11) is 0. The van der Waals surface area contributed by atoms with Gasteiger partial charge in [0.15, 0.2) is 0 Å². The highest BCUT2D eigenvalue weighted by Gasteiger charge is 2.16. The molecule has 0 saturated carbocycles. The van der Waals surface area contributed by atoms with E-state index in [2.05, 4.69) is 25.9 Å². The van der Waals surface area contributed by atoms with Gasteiger partial charge in [0, 0.05) is 43.2 Å². The average molecular weight is 311 g/mol. The number of nitrogens with one attached hydrogen (secondary N) is 3. The molecular weight excluding hydrogens is 294 g/mol. The third-order valence-electron chi connectivity index (χ3n) is 3.54. The maximum absolute atomic E-state index is 12.2. The van der Waals surface area contributed by atoms with Gasteiger partial charge in [0.05, 0.1) is 6.20 Å². The normalized spacial score (nSPS) is 13.0. The second-order valence-electron chi connectivity index (χ2n) is 5.19. The van der Waals surface area contributed by atoms with E-state index in [1.54, 1.807) is 30.7 Å². The van der Waals surface area contributed by atoms with Crippen LogP contribution >= 0.6 is 0 Å². The lowest BCUT2D eigenvalue weighted by Gasteiger charge is -2.17. The van der Waals surface area contributed by atoms with Gasteiger partial charge in [0.1, 0.15) is 5.82 Å². The van der Waals surface area contributed by atoms with E-state index in [1.807, 2.05) is 6.07 Å². The third kappa shape index (κ3) is 3.82. The Morgan fingerprint density at radius 3 is 2.96 bits per heavy atom. The predicted octanol–water partition coefficient (Wildman–Crippen LogP) is 1.20. The lowest BCUT2D eigenvalue weighted by atomic mass is 10.00. The summed E-state index contributed by atoms with van der Waals surface area (Å²) in [4.78, 5) is 31.5. The van der Waals surface area contributed by atoms with Crippen molar-refractivity contribution in [1.82, 2.24) is 15.3 Å². The van der Waals surface area contributed by atoms with Crippen LogP contribution in [0.15, 0.2) is 36.8 Å². The molecule has 0 spiro atoms. The Morgan fingerprint density at radius 1 is 1.22 bits per heavy atom. The van der Waals surface area contributed by atoms with E-state index in [4.69, 9.17) is 0 Å². The largest absolute Gasteiger partial charge is 0.367 e. The molecule has 0 atom stereocenters. The first-order valence-electron chi connectivity index (χ1n) is 7.43. The monoisotopic (exact) mass is 311 g/mol. The van der Waals surface area contributed by atoms with Gasteiger partial charge in [0.25, 0.3) is 5.91 Å². The summed E-state index contributed by atoms with van der Waals surface area (Å²) in [6, 6.07) is 5.33. The Balaban J connectivity index is 1.51. The summed E-state index contributed by atoms with van der Waals surface area (Å²) in [5.41, 5.74) is 2.39. The van der Waals surface area contributed by atoms with E-state index < -0.39 is 0 Å². The summed E-state index contributed by atoms with van der Waals surface area (Å²) in [5, 5.41) is 8.72. The molecule has 1 aromatic heterocycles. The minimum atomic E-state index is -0.134. The molecule has 3 N–H and O–H groups in total. The van der Waals surface area contributed by atoms with E-state index >= 15 is 0 Å². The fourth-order valence-corrected chi connectivity index (χ4v) is 2.38. The lowest BCUT2D eigenvalue weighted by Crippen LogP contribution is -2.29. The molecule has 118 valence electrons. The molecular formula is C16H17N5O2. The van der Waals surface area contributed by atoms with Crippen LogP contribution in [-0.2, 0) is 11.2 Å². The Morgan fingerprint density at radius 2 is 2.13 bits per heavy atom. The number of benzene rings is 1. The van der Waals surface area contributed by atoms with Gasteiger partial charge in [-0.1, -0.05) is 0 Å². The van der Waals surface area contributed by atoms with Crippen molar-refractivity contribution in [2.45, 2.75) is 12.8 Å². The zero-order valence-corrected chi connectivity index (χ0v) is 12.5. The number of carbonyl (C=O) groups is 2. The van der Waals surface area contributed by atoms with E-state index in [-0.39, 0.29) is 11.8 Å². The second-order valence-corrected chi connectivity index (χ2v) is 5.19. The first-order chi connectivity index (χ1) is 11.2. The van der Waals surface area contributed by atoms with Crippen LogP contribution in [0.3, 0.4) is 0 Å². The molecule has 7 heteroatoms. The maximum atomic E-state index is 12.2. The van der Waals surface area contributed by atoms with Crippen molar-refractivity contribution in [3.8, 4) is 0 Å². The van der Waals surface area contributed by atoms with Crippen molar-refractivity contribution >= 4 is 23.3 Å². The van der Waals surface area contributed by atoms with Gasteiger partial charge in [-0.15, -0.1) is 0 Å². The Kier molecular flexibility index (Phi) is 4.46. The molecule has 1 aliphatic heterocycles. The fourth-order valence-electron chi connectivity index (χ4n) is 2.38. The Hall–Kier alpha value is -2.96. The molecule has 0 fully saturated rings. The number of amides is 2. The minimum absolute atomic E-state index is 0.0183. The number of hydrogen-bond donors (Lipinski definition) is 3. The van der Waals surface area contributed by atoms with Crippen LogP contribution in [0.4, 0.5) is 11.5 Å². The highest BCUT2D eigenvalue weighted by molar-refractivity contribution is 5.97. The van der Waals surface area contributed by atoms with Crippen molar-refractivity contribution in [3.05, 3.63) is 47.9 Å². The molecule has 2 heterocycles. The van der Waals surface area contributed by atoms with Crippen LogP contribution in [-0.4, -0.2) is 34.9 Å². The van der Waals surface area contributed by atoms with Crippen molar-refractivity contribution < 1.29 is 9.59 Å². The molecule has 0 saturated heterocycles. The lowest BCUT2D eigenvalue weighted by molar-refractivity contribution is -0.116. The predicted molar refractivity (Wildman–Crippen MR) is 86.2 cm³/mol. The van der Waals surface area contributed by atoms with Gasteiger partial charge in [-0.05, 0) is 30.2 Å². The number of anilines is 2. The first kappa shape index (κ1) is 15.0. The number of aromatic nitrogens is 2. The van der Waals surface area contributed by atoms with Gasteiger partial charge < -0.3 is 16.0 Å². The number of fused-ring (bicyclic) bond motifs is 1. The van der Waals surface area contributed by atoms with Crippen LogP contribution in [0.1, 0.15) is 22.3 Å². The molecule has 1 aliphatic rings. The van der Waals surface area contributed by atoms with Gasteiger partial charge in [-0.25, -0.2) is 4.98 Å². The summed E-state index contributed by atoms with van der Waals surface area (Å²) in [6.07, 6.45) is 5.95. The highest BCUT2D eigenvalue weighted by Crippen LogP contribution is 2.23. The smallest absolute Gasteiger partial charge is 0.251 e. The molecule has 0 aliphatic carbocycles. The maximum Gasteiger partial charge on any atom is 0.251 e. The van der Waals surface area contributed by atoms with Crippen molar-refractivity contribution in [3.63, 3.8) is 0 Å². The molecule has 0 bridgehead atoms. The summed E-state index contributed by atoms with van der Waals surface area (Å²) in [5.74, 6) is 0.557. The number of carbonyl (C=O) groups excluding carboxylic acids is 2. The molecule has 1 aromatic carbocycles. The molecule has 7 nitrogen and oxygen atoms in total. The van der Waals surface area contributed by atoms with Crippen LogP contribution in [0.2, 0.25) is 0 Å². The fraction of sp³-hybridized carbons (Fsp3) is 0.250. The SMILES string of the molecule is O=C1CCc2cc(C(=O)NCCNc3cnccn3)ccc2N1. The van der Waals surface area contributed by atoms with Crippen LogP contribution in [0.25, 0.3) is 0 Å². The van der Waals surface area contributed by atoms with E-state index in [0.717, 1.165) is 11.3 Å². The van der Waals surface area contributed by atoms with Crippen LogP contribution in [0.5, 0.6) is 0 Å². The average Bonchev–Trinajstić information content (AvgIpc) is 2.59. The standard InChI is InChI=1S/C16H17N5O2/c22-15-4-2-11-9-12(1-3-13(11)21-15)16(23)20-8-7-19-14-10-17-5-6-18-14/h1,3,5-6,9-10H,2,4,7-8H2,(H,18,19)(H,20,23)(H,21,22). The van der Waals surface area contributed by atoms with Gasteiger partial charge >= 0.3 is 0 Å². The molecule has 2 aromatic rings. The third-order valence-corrected chi connectivity index (χ3v) is 3.54. The van der Waals surface area contributed by atoms with Crippen molar-refractivity contribution in [1.29, 1.82) is 0 Å². The minimum Gasteiger partial charge on any atom is -0.367 e. The topological polar surface area (TPSA) is 96.0 Å². The summed E-state index contributed by atoms with van der Waals surface area (Å²) in [6.45, 7) is 1.04. The molecule has 2 amide bonds. The zero-order chi connectivity index (χ0) is 16.1. The number of hydrogen-bond acceptors (Lipinski definition) is 5. The van der Waals surface area contributed by atoms with E-state index in [0.29, 0.717) is 37.3 Å². The second kappa shape index (κ2) is 6.87.